The van der Waals surface area contributed by atoms with Gasteiger partial charge >= 0.3 is 17.9 Å². The quantitative estimate of drug-likeness (QED) is 0.372. The molecule has 0 radical (unpaired) electrons. The second-order valence-electron chi connectivity index (χ2n) is 10.5. The summed E-state index contributed by atoms with van der Waals surface area (Å²) >= 11 is 0. The van der Waals surface area contributed by atoms with E-state index in [1.807, 2.05) is 13.1 Å². The Balaban J connectivity index is 1.62. The van der Waals surface area contributed by atoms with E-state index in [2.05, 4.69) is 15.3 Å². The van der Waals surface area contributed by atoms with Crippen LogP contribution in [0, 0.1) is 18.3 Å². The molecule has 0 spiro atoms. The van der Waals surface area contributed by atoms with E-state index in [0.717, 1.165) is 21.3 Å². The lowest BCUT2D eigenvalue weighted by Crippen LogP contribution is -2.54. The van der Waals surface area contributed by atoms with Gasteiger partial charge in [-0.05, 0) is 69.4 Å². The van der Waals surface area contributed by atoms with Crippen LogP contribution in [0.1, 0.15) is 23.7 Å². The fourth-order valence-corrected chi connectivity index (χ4v) is 5.20. The summed E-state index contributed by atoms with van der Waals surface area (Å²) in [6, 6.07) is 12.3. The molecule has 3 heterocycles. The van der Waals surface area contributed by atoms with Crippen molar-refractivity contribution in [3.05, 3.63) is 88.1 Å². The van der Waals surface area contributed by atoms with Gasteiger partial charge in [0, 0.05) is 26.2 Å². The SMILES string of the molecule is Cc1c(-c2ccnn2-c2ccc(C#N)cc2)n(C(=O)N[C@@H](C)C(=O)N2CCN(C)CC2)c(=O)n1-c1cccc(C(F)(F)F)c1. The average molecular weight is 607 g/mol. The minimum Gasteiger partial charge on any atom is -0.338 e. The van der Waals surface area contributed by atoms with Crippen molar-refractivity contribution in [3.8, 4) is 28.8 Å². The smallest absolute Gasteiger partial charge is 0.338 e. The van der Waals surface area contributed by atoms with E-state index in [-0.39, 0.29) is 28.7 Å². The predicted octanol–water partition coefficient (Wildman–Crippen LogP) is 3.41. The van der Waals surface area contributed by atoms with Crippen LogP contribution in [0.2, 0.25) is 0 Å². The summed E-state index contributed by atoms with van der Waals surface area (Å²) in [5.41, 5.74) is -0.568. The van der Waals surface area contributed by atoms with Gasteiger partial charge in [-0.1, -0.05) is 6.07 Å². The molecule has 1 atom stereocenters. The Morgan fingerprint density at radius 3 is 2.34 bits per heavy atom. The Hall–Kier alpha value is -5.16. The summed E-state index contributed by atoms with van der Waals surface area (Å²) < 4.78 is 44.0. The number of hydrogen-bond acceptors (Lipinski definition) is 6. The normalized spacial score (nSPS) is 14.7. The molecule has 2 aromatic heterocycles. The summed E-state index contributed by atoms with van der Waals surface area (Å²) in [4.78, 5) is 44.6. The van der Waals surface area contributed by atoms with Crippen LogP contribution in [-0.2, 0) is 11.0 Å². The zero-order valence-corrected chi connectivity index (χ0v) is 24.2. The number of carbonyl (C=O) groups excluding carboxylic acids is 2. The van der Waals surface area contributed by atoms with Crippen LogP contribution < -0.4 is 11.0 Å². The number of alkyl halides is 3. The molecule has 1 saturated heterocycles. The zero-order chi connectivity index (χ0) is 31.8. The van der Waals surface area contributed by atoms with Crippen LogP contribution >= 0.6 is 0 Å². The van der Waals surface area contributed by atoms with Crippen LogP contribution in [0.15, 0.2) is 65.6 Å². The second-order valence-corrected chi connectivity index (χ2v) is 10.5. The average Bonchev–Trinajstić information content (AvgIpc) is 3.58. The Bertz CT molecular complexity index is 1810. The first kappa shape index (κ1) is 30.3. The number of carbonyl (C=O) groups is 2. The molecule has 11 nitrogen and oxygen atoms in total. The predicted molar refractivity (Wildman–Crippen MR) is 155 cm³/mol. The molecule has 228 valence electrons. The van der Waals surface area contributed by atoms with Crippen molar-refractivity contribution in [3.63, 3.8) is 0 Å². The number of likely N-dealkylation sites (N-methyl/N-ethyl adjacent to an activating group) is 1. The number of benzene rings is 2. The van der Waals surface area contributed by atoms with Crippen molar-refractivity contribution in [1.29, 1.82) is 5.26 Å². The van der Waals surface area contributed by atoms with Crippen LogP contribution in [0.25, 0.3) is 22.8 Å². The number of piperazine rings is 1. The number of imidazole rings is 1. The number of nitrogens with one attached hydrogen (secondary N) is 1. The number of nitriles is 1. The highest BCUT2D eigenvalue weighted by molar-refractivity contribution is 5.89. The van der Waals surface area contributed by atoms with Gasteiger partial charge in [-0.25, -0.2) is 18.8 Å². The number of hydrogen-bond donors (Lipinski definition) is 1. The molecule has 0 saturated carbocycles. The molecule has 0 aliphatic carbocycles. The third-order valence-electron chi connectivity index (χ3n) is 7.57. The molecule has 5 rings (SSSR count). The first-order chi connectivity index (χ1) is 20.9. The van der Waals surface area contributed by atoms with Crippen molar-refractivity contribution in [2.45, 2.75) is 26.1 Å². The van der Waals surface area contributed by atoms with E-state index < -0.39 is 29.5 Å². The molecule has 1 fully saturated rings. The minimum absolute atomic E-state index is 0.0611. The van der Waals surface area contributed by atoms with Crippen LogP contribution in [-0.4, -0.2) is 79.9 Å². The lowest BCUT2D eigenvalue weighted by Gasteiger charge is -2.34. The first-order valence-electron chi connectivity index (χ1n) is 13.8. The molecule has 2 aromatic carbocycles. The summed E-state index contributed by atoms with van der Waals surface area (Å²) in [7, 11) is 1.95. The minimum atomic E-state index is -4.66. The lowest BCUT2D eigenvalue weighted by molar-refractivity contribution is -0.137. The topological polar surface area (TPSA) is 121 Å². The van der Waals surface area contributed by atoms with E-state index in [1.54, 1.807) is 35.2 Å². The standard InChI is InChI=1S/C30H29F3N8O3/c1-19(27(42)38-15-13-37(3)14-16-38)36-28(43)40-26(25-11-12-35-41(25)23-9-7-21(18-34)8-10-23)20(2)39(29(40)44)24-6-4-5-22(17-24)30(31,32)33/h4-12,17,19H,13-16H2,1-3H3,(H,36,43)/t19-/m0/s1. The Labute approximate surface area is 250 Å². The fraction of sp³-hybridized carbons (Fsp3) is 0.300. The van der Waals surface area contributed by atoms with E-state index in [1.165, 1.54) is 36.9 Å². The van der Waals surface area contributed by atoms with Crippen molar-refractivity contribution in [1.82, 2.24) is 34.0 Å². The molecule has 14 heteroatoms. The molecule has 44 heavy (non-hydrogen) atoms. The van der Waals surface area contributed by atoms with Gasteiger partial charge in [-0.15, -0.1) is 0 Å². The molecule has 0 unspecified atom stereocenters. The van der Waals surface area contributed by atoms with Crippen LogP contribution in [0.4, 0.5) is 18.0 Å². The maximum absolute atomic E-state index is 13.9. The second kappa shape index (κ2) is 11.8. The fourth-order valence-electron chi connectivity index (χ4n) is 5.20. The monoisotopic (exact) mass is 606 g/mol. The number of halogens is 3. The van der Waals surface area contributed by atoms with Crippen molar-refractivity contribution in [2.75, 3.05) is 33.2 Å². The molecule has 2 amide bonds. The maximum atomic E-state index is 13.9. The number of nitrogens with zero attached hydrogens (tertiary/aromatic N) is 7. The third kappa shape index (κ3) is 5.73. The molecular formula is C30H29F3N8O3. The van der Waals surface area contributed by atoms with Gasteiger partial charge in [0.15, 0.2) is 0 Å². The van der Waals surface area contributed by atoms with Gasteiger partial charge in [0.1, 0.15) is 11.7 Å². The number of rotatable bonds is 5. The Kier molecular flexibility index (Phi) is 8.16. The van der Waals surface area contributed by atoms with Gasteiger partial charge in [-0.2, -0.15) is 23.5 Å². The highest BCUT2D eigenvalue weighted by atomic mass is 19.4. The van der Waals surface area contributed by atoms with Gasteiger partial charge in [-0.3, -0.25) is 9.36 Å². The summed E-state index contributed by atoms with van der Waals surface area (Å²) in [6.07, 6.45) is -3.22. The van der Waals surface area contributed by atoms with E-state index in [0.29, 0.717) is 37.4 Å². The van der Waals surface area contributed by atoms with Crippen molar-refractivity contribution < 1.29 is 22.8 Å². The van der Waals surface area contributed by atoms with E-state index in [4.69, 9.17) is 0 Å². The summed E-state index contributed by atoms with van der Waals surface area (Å²) in [5, 5.41) is 16.1. The van der Waals surface area contributed by atoms with Gasteiger partial charge in [0.05, 0.1) is 46.2 Å². The van der Waals surface area contributed by atoms with Crippen molar-refractivity contribution in [2.24, 2.45) is 0 Å². The van der Waals surface area contributed by atoms with E-state index >= 15 is 0 Å². The highest BCUT2D eigenvalue weighted by Crippen LogP contribution is 2.32. The molecule has 1 aliphatic heterocycles. The van der Waals surface area contributed by atoms with Crippen LogP contribution in [0.3, 0.4) is 0 Å². The maximum Gasteiger partial charge on any atom is 0.416 e. The molecule has 0 bridgehead atoms. The summed E-state index contributed by atoms with van der Waals surface area (Å²) in [5.74, 6) is -0.322. The molecule has 1 aliphatic rings. The number of amides is 2. The number of aromatic nitrogens is 4. The third-order valence-corrected chi connectivity index (χ3v) is 7.57. The largest absolute Gasteiger partial charge is 0.416 e. The van der Waals surface area contributed by atoms with Crippen LogP contribution in [0.5, 0.6) is 0 Å². The summed E-state index contributed by atoms with van der Waals surface area (Å²) in [6.45, 7) is 5.34. The van der Waals surface area contributed by atoms with Crippen molar-refractivity contribution >= 4 is 11.9 Å². The molecular weight excluding hydrogens is 577 g/mol. The van der Waals surface area contributed by atoms with Gasteiger partial charge in [0.2, 0.25) is 5.91 Å². The van der Waals surface area contributed by atoms with Gasteiger partial charge < -0.3 is 15.1 Å². The Morgan fingerprint density at radius 2 is 1.70 bits per heavy atom. The zero-order valence-electron chi connectivity index (χ0n) is 24.2. The Morgan fingerprint density at radius 1 is 1.02 bits per heavy atom. The molecule has 4 aromatic rings. The lowest BCUT2D eigenvalue weighted by atomic mass is 10.2. The van der Waals surface area contributed by atoms with Gasteiger partial charge in [0.25, 0.3) is 0 Å². The molecule has 1 N–H and O–H groups in total. The first-order valence-corrected chi connectivity index (χ1v) is 13.8. The highest BCUT2D eigenvalue weighted by Gasteiger charge is 2.33. The van der Waals surface area contributed by atoms with E-state index in [9.17, 15) is 32.8 Å².